The number of alkyl halides is 3. The van der Waals surface area contributed by atoms with Crippen LogP contribution >= 0.6 is 0 Å². The van der Waals surface area contributed by atoms with Gasteiger partial charge in [0.05, 0.1) is 5.56 Å². The van der Waals surface area contributed by atoms with E-state index in [-0.39, 0.29) is 11.9 Å². The van der Waals surface area contributed by atoms with Crippen LogP contribution in [0.3, 0.4) is 0 Å². The second-order valence-electron chi connectivity index (χ2n) is 6.16. The first-order valence-electron chi connectivity index (χ1n) is 8.27. The molecule has 1 aliphatic heterocycles. The lowest BCUT2D eigenvalue weighted by molar-refractivity contribution is -0.137. The Kier molecular flexibility index (Phi) is 6.62. The predicted octanol–water partition coefficient (Wildman–Crippen LogP) is 2.52. The predicted molar refractivity (Wildman–Crippen MR) is 86.2 cm³/mol. The van der Waals surface area contributed by atoms with Crippen LogP contribution < -0.4 is 11.1 Å². The molecule has 1 aromatic rings. The number of hydrogen-bond acceptors (Lipinski definition) is 3. The average molecular weight is 343 g/mol. The van der Waals surface area contributed by atoms with Gasteiger partial charge in [0.15, 0.2) is 0 Å². The van der Waals surface area contributed by atoms with Crippen LogP contribution in [0.2, 0.25) is 0 Å². The monoisotopic (exact) mass is 343 g/mol. The third-order valence-corrected chi connectivity index (χ3v) is 4.30. The van der Waals surface area contributed by atoms with Crippen LogP contribution in [-0.4, -0.2) is 36.5 Å². The minimum absolute atomic E-state index is 0.0814. The van der Waals surface area contributed by atoms with Crippen LogP contribution in [0, 0.1) is 0 Å². The van der Waals surface area contributed by atoms with Crippen molar-refractivity contribution in [1.29, 1.82) is 0 Å². The molecule has 0 radical (unpaired) electrons. The number of piperidine rings is 1. The van der Waals surface area contributed by atoms with Gasteiger partial charge in [-0.15, -0.1) is 0 Å². The molecule has 1 heterocycles. The lowest BCUT2D eigenvalue weighted by Gasteiger charge is -2.36. The van der Waals surface area contributed by atoms with E-state index in [1.165, 1.54) is 12.1 Å². The molecule has 1 unspecified atom stereocenters. The minimum Gasteiger partial charge on any atom is -0.354 e. The van der Waals surface area contributed by atoms with Crippen molar-refractivity contribution < 1.29 is 18.0 Å². The molecule has 0 aromatic heterocycles. The number of nitrogens with one attached hydrogen (secondary N) is 1. The highest BCUT2D eigenvalue weighted by atomic mass is 19.4. The summed E-state index contributed by atoms with van der Waals surface area (Å²) in [7, 11) is 0. The lowest BCUT2D eigenvalue weighted by Crippen LogP contribution is -2.46. The van der Waals surface area contributed by atoms with Gasteiger partial charge in [-0.1, -0.05) is 24.6 Å². The number of carbonyl (C=O) groups excluding carboxylic acids is 1. The summed E-state index contributed by atoms with van der Waals surface area (Å²) in [6.45, 7) is 2.11. The molecule has 0 saturated carbocycles. The number of nitrogens with two attached hydrogens (primary N) is 1. The van der Waals surface area contributed by atoms with E-state index >= 15 is 0 Å². The van der Waals surface area contributed by atoms with Crippen molar-refractivity contribution in [3.8, 4) is 0 Å². The zero-order chi connectivity index (χ0) is 17.6. The van der Waals surface area contributed by atoms with Gasteiger partial charge < -0.3 is 11.1 Å². The fourth-order valence-corrected chi connectivity index (χ4v) is 3.03. The average Bonchev–Trinajstić information content (AvgIpc) is 2.54. The summed E-state index contributed by atoms with van der Waals surface area (Å²) in [5.74, 6) is -0.0814. The summed E-state index contributed by atoms with van der Waals surface area (Å²) in [4.78, 5) is 13.7. The maximum atomic E-state index is 12.8. The summed E-state index contributed by atoms with van der Waals surface area (Å²) < 4.78 is 38.5. The van der Waals surface area contributed by atoms with Crippen molar-refractivity contribution in [3.63, 3.8) is 0 Å². The molecule has 1 aliphatic rings. The molecule has 4 nitrogen and oxygen atoms in total. The van der Waals surface area contributed by atoms with Gasteiger partial charge in [-0.25, -0.2) is 0 Å². The highest BCUT2D eigenvalue weighted by molar-refractivity contribution is 5.76. The highest BCUT2D eigenvalue weighted by Gasteiger charge is 2.31. The quantitative estimate of drug-likeness (QED) is 0.834. The van der Waals surface area contributed by atoms with Crippen LogP contribution in [0.4, 0.5) is 13.2 Å². The molecule has 0 aliphatic carbocycles. The summed E-state index contributed by atoms with van der Waals surface area (Å²) in [5.41, 5.74) is 5.38. The summed E-state index contributed by atoms with van der Waals surface area (Å²) in [6.07, 6.45) is -1.02. The second kappa shape index (κ2) is 8.48. The van der Waals surface area contributed by atoms with Gasteiger partial charge in [0.1, 0.15) is 0 Å². The van der Waals surface area contributed by atoms with Crippen molar-refractivity contribution >= 4 is 5.91 Å². The van der Waals surface area contributed by atoms with Gasteiger partial charge in [0.25, 0.3) is 0 Å². The Morgan fingerprint density at radius 3 is 2.83 bits per heavy atom. The van der Waals surface area contributed by atoms with Gasteiger partial charge in [-0.3, -0.25) is 9.69 Å². The van der Waals surface area contributed by atoms with Crippen molar-refractivity contribution in [3.05, 3.63) is 35.4 Å². The Bertz CT molecular complexity index is 548. The number of nitrogens with zero attached hydrogens (tertiary/aromatic N) is 1. The highest BCUT2D eigenvalue weighted by Crippen LogP contribution is 2.30. The first kappa shape index (κ1) is 18.7. The van der Waals surface area contributed by atoms with E-state index in [2.05, 4.69) is 10.2 Å². The SMILES string of the molecule is NCCC(=O)NCC1CCCCN1Cc1cccc(C(F)(F)F)c1. The van der Waals surface area contributed by atoms with E-state index in [4.69, 9.17) is 5.73 Å². The van der Waals surface area contributed by atoms with Crippen molar-refractivity contribution in [2.45, 2.75) is 44.4 Å². The van der Waals surface area contributed by atoms with E-state index in [1.54, 1.807) is 6.07 Å². The molecule has 3 N–H and O–H groups in total. The fourth-order valence-electron chi connectivity index (χ4n) is 3.03. The number of rotatable bonds is 6. The first-order valence-corrected chi connectivity index (χ1v) is 8.27. The maximum absolute atomic E-state index is 12.8. The molecule has 0 bridgehead atoms. The molecule has 134 valence electrons. The molecule has 2 rings (SSSR count). The Morgan fingerprint density at radius 1 is 1.33 bits per heavy atom. The van der Waals surface area contributed by atoms with E-state index < -0.39 is 11.7 Å². The number of likely N-dealkylation sites (tertiary alicyclic amines) is 1. The standard InChI is InChI=1S/C17H24F3N3O/c18-17(19,20)14-5-3-4-13(10-14)12-23-9-2-1-6-15(23)11-22-16(24)7-8-21/h3-5,10,15H,1-2,6-9,11-12,21H2,(H,22,24). The van der Waals surface area contributed by atoms with E-state index in [0.29, 0.717) is 31.6 Å². The van der Waals surface area contributed by atoms with Crippen LogP contribution in [0.1, 0.15) is 36.8 Å². The zero-order valence-corrected chi connectivity index (χ0v) is 13.6. The molecule has 1 saturated heterocycles. The molecule has 24 heavy (non-hydrogen) atoms. The van der Waals surface area contributed by atoms with Gasteiger partial charge in [-0.05, 0) is 31.0 Å². The Labute approximate surface area is 140 Å². The molecule has 1 amide bonds. The van der Waals surface area contributed by atoms with Crippen molar-refractivity contribution in [1.82, 2.24) is 10.2 Å². The van der Waals surface area contributed by atoms with Crippen LogP contribution in [-0.2, 0) is 17.5 Å². The number of carbonyl (C=O) groups is 1. The topological polar surface area (TPSA) is 58.4 Å². The number of amides is 1. The molecule has 1 atom stereocenters. The van der Waals surface area contributed by atoms with Crippen molar-refractivity contribution in [2.75, 3.05) is 19.6 Å². The first-order chi connectivity index (χ1) is 11.4. The smallest absolute Gasteiger partial charge is 0.354 e. The molecular formula is C17H24F3N3O. The van der Waals surface area contributed by atoms with Crippen LogP contribution in [0.5, 0.6) is 0 Å². The van der Waals surface area contributed by atoms with E-state index in [1.807, 2.05) is 0 Å². The van der Waals surface area contributed by atoms with Crippen LogP contribution in [0.25, 0.3) is 0 Å². The normalized spacial score (nSPS) is 19.2. The third kappa shape index (κ3) is 5.49. The zero-order valence-electron chi connectivity index (χ0n) is 13.6. The molecule has 7 heteroatoms. The summed E-state index contributed by atoms with van der Waals surface area (Å²) >= 11 is 0. The Balaban J connectivity index is 1.99. The van der Waals surface area contributed by atoms with Gasteiger partial charge >= 0.3 is 6.18 Å². The summed E-state index contributed by atoms with van der Waals surface area (Å²) in [5, 5.41) is 2.86. The molecular weight excluding hydrogens is 319 g/mol. The summed E-state index contributed by atoms with van der Waals surface area (Å²) in [6, 6.07) is 5.60. The number of halogens is 3. The van der Waals surface area contributed by atoms with Gasteiger partial charge in [0, 0.05) is 32.1 Å². The maximum Gasteiger partial charge on any atom is 0.416 e. The molecule has 0 spiro atoms. The largest absolute Gasteiger partial charge is 0.416 e. The number of benzene rings is 1. The Morgan fingerprint density at radius 2 is 2.12 bits per heavy atom. The van der Waals surface area contributed by atoms with E-state index in [9.17, 15) is 18.0 Å². The Hall–Kier alpha value is -1.60. The lowest BCUT2D eigenvalue weighted by atomic mass is 10.0. The fraction of sp³-hybridized carbons (Fsp3) is 0.588. The molecule has 1 fully saturated rings. The van der Waals surface area contributed by atoms with Crippen LogP contribution in [0.15, 0.2) is 24.3 Å². The second-order valence-corrected chi connectivity index (χ2v) is 6.16. The number of hydrogen-bond donors (Lipinski definition) is 2. The van der Waals surface area contributed by atoms with E-state index in [0.717, 1.165) is 31.9 Å². The minimum atomic E-state index is -4.33. The van der Waals surface area contributed by atoms with Gasteiger partial charge in [0.2, 0.25) is 5.91 Å². The van der Waals surface area contributed by atoms with Gasteiger partial charge in [-0.2, -0.15) is 13.2 Å². The van der Waals surface area contributed by atoms with Crippen molar-refractivity contribution in [2.24, 2.45) is 5.73 Å². The molecule has 1 aromatic carbocycles. The third-order valence-electron chi connectivity index (χ3n) is 4.30.